The standard InChI is InChI=1S/C17H27NO2/c1-16(2,3)17(4,5)20-14-9-7-8-13(12-14)10-11-15(19)18-6/h7-9,12H,10-11H2,1-6H3,(H,18,19). The molecular formula is C17H27NO2. The normalized spacial score (nSPS) is 12.1. The molecular weight excluding hydrogens is 250 g/mol. The largest absolute Gasteiger partial charge is 0.487 e. The fraction of sp³-hybridized carbons (Fsp3) is 0.588. The van der Waals surface area contributed by atoms with Gasteiger partial charge in [-0.1, -0.05) is 32.9 Å². The van der Waals surface area contributed by atoms with Gasteiger partial charge in [0.05, 0.1) is 0 Å². The number of ether oxygens (including phenoxy) is 1. The molecule has 1 aromatic rings. The first-order valence-electron chi connectivity index (χ1n) is 7.14. The first kappa shape index (κ1) is 16.5. The van der Waals surface area contributed by atoms with Crippen molar-refractivity contribution in [3.8, 4) is 5.75 Å². The number of amides is 1. The van der Waals surface area contributed by atoms with Gasteiger partial charge >= 0.3 is 0 Å². The SMILES string of the molecule is CNC(=O)CCc1cccc(OC(C)(C)C(C)(C)C)c1. The van der Waals surface area contributed by atoms with E-state index in [1.165, 1.54) is 0 Å². The molecule has 1 rings (SSSR count). The van der Waals surface area contributed by atoms with E-state index in [1.54, 1.807) is 7.05 Å². The second-order valence-electron chi connectivity index (χ2n) is 6.68. The van der Waals surface area contributed by atoms with Crippen LogP contribution in [0.1, 0.15) is 46.6 Å². The lowest BCUT2D eigenvalue weighted by Gasteiger charge is -2.39. The number of benzene rings is 1. The monoisotopic (exact) mass is 277 g/mol. The molecule has 3 nitrogen and oxygen atoms in total. The summed E-state index contributed by atoms with van der Waals surface area (Å²) in [6.07, 6.45) is 1.23. The molecule has 3 heteroatoms. The topological polar surface area (TPSA) is 38.3 Å². The van der Waals surface area contributed by atoms with Gasteiger partial charge in [0.1, 0.15) is 11.4 Å². The second-order valence-corrected chi connectivity index (χ2v) is 6.68. The van der Waals surface area contributed by atoms with Crippen LogP contribution in [0.2, 0.25) is 0 Å². The van der Waals surface area contributed by atoms with Crippen LogP contribution in [0.25, 0.3) is 0 Å². The fourth-order valence-electron chi connectivity index (χ4n) is 1.60. The minimum atomic E-state index is -0.258. The average molecular weight is 277 g/mol. The van der Waals surface area contributed by atoms with Crippen molar-refractivity contribution in [1.29, 1.82) is 0 Å². The predicted octanol–water partition coefficient (Wildman–Crippen LogP) is 3.57. The van der Waals surface area contributed by atoms with Gasteiger partial charge in [-0.05, 0) is 38.0 Å². The zero-order chi connectivity index (χ0) is 15.4. The molecule has 1 aromatic carbocycles. The smallest absolute Gasteiger partial charge is 0.220 e. The zero-order valence-corrected chi connectivity index (χ0v) is 13.5. The maximum atomic E-state index is 11.3. The molecule has 0 saturated carbocycles. The van der Waals surface area contributed by atoms with Crippen LogP contribution in [0.15, 0.2) is 24.3 Å². The number of carbonyl (C=O) groups is 1. The molecule has 112 valence electrons. The molecule has 0 aliphatic rings. The summed E-state index contributed by atoms with van der Waals surface area (Å²) in [5.41, 5.74) is 0.910. The van der Waals surface area contributed by atoms with Crippen molar-refractivity contribution in [2.24, 2.45) is 5.41 Å². The van der Waals surface area contributed by atoms with E-state index >= 15 is 0 Å². The van der Waals surface area contributed by atoms with Crippen molar-refractivity contribution in [2.75, 3.05) is 7.05 Å². The lowest BCUT2D eigenvalue weighted by Crippen LogP contribution is -2.42. The van der Waals surface area contributed by atoms with Gasteiger partial charge < -0.3 is 10.1 Å². The predicted molar refractivity (Wildman–Crippen MR) is 83.0 cm³/mol. The summed E-state index contributed by atoms with van der Waals surface area (Å²) >= 11 is 0. The van der Waals surface area contributed by atoms with Crippen molar-refractivity contribution < 1.29 is 9.53 Å². The Morgan fingerprint density at radius 1 is 1.20 bits per heavy atom. The minimum Gasteiger partial charge on any atom is -0.487 e. The zero-order valence-electron chi connectivity index (χ0n) is 13.5. The molecule has 0 aromatic heterocycles. The second kappa shape index (κ2) is 6.29. The Hall–Kier alpha value is -1.51. The van der Waals surface area contributed by atoms with Crippen LogP contribution < -0.4 is 10.1 Å². The first-order valence-corrected chi connectivity index (χ1v) is 7.14. The van der Waals surface area contributed by atoms with Crippen molar-refractivity contribution in [1.82, 2.24) is 5.32 Å². The molecule has 0 atom stereocenters. The van der Waals surface area contributed by atoms with E-state index in [2.05, 4.69) is 39.9 Å². The van der Waals surface area contributed by atoms with Crippen molar-refractivity contribution in [2.45, 2.75) is 53.1 Å². The fourth-order valence-corrected chi connectivity index (χ4v) is 1.60. The van der Waals surface area contributed by atoms with Gasteiger partial charge in [0, 0.05) is 18.9 Å². The van der Waals surface area contributed by atoms with Gasteiger partial charge in [0.2, 0.25) is 5.91 Å². The van der Waals surface area contributed by atoms with Crippen LogP contribution in [0.3, 0.4) is 0 Å². The van der Waals surface area contributed by atoms with Gasteiger partial charge in [-0.15, -0.1) is 0 Å². The molecule has 0 aliphatic heterocycles. The Kier molecular flexibility index (Phi) is 5.21. The Morgan fingerprint density at radius 3 is 2.40 bits per heavy atom. The van der Waals surface area contributed by atoms with Crippen molar-refractivity contribution in [3.63, 3.8) is 0 Å². The Labute approximate surface area is 122 Å². The summed E-state index contributed by atoms with van der Waals surface area (Å²) in [7, 11) is 1.66. The molecule has 1 N–H and O–H groups in total. The van der Waals surface area contributed by atoms with Crippen LogP contribution >= 0.6 is 0 Å². The third-order valence-corrected chi connectivity index (χ3v) is 4.00. The minimum absolute atomic E-state index is 0.0467. The van der Waals surface area contributed by atoms with Crippen molar-refractivity contribution in [3.05, 3.63) is 29.8 Å². The molecule has 0 radical (unpaired) electrons. The van der Waals surface area contributed by atoms with Crippen LogP contribution in [-0.2, 0) is 11.2 Å². The maximum absolute atomic E-state index is 11.3. The highest BCUT2D eigenvalue weighted by molar-refractivity contribution is 5.75. The third-order valence-electron chi connectivity index (χ3n) is 4.00. The summed E-state index contributed by atoms with van der Waals surface area (Å²) < 4.78 is 6.14. The van der Waals surface area contributed by atoms with E-state index in [0.717, 1.165) is 17.7 Å². The Morgan fingerprint density at radius 2 is 1.85 bits per heavy atom. The molecule has 0 fully saturated rings. The molecule has 0 unspecified atom stereocenters. The number of rotatable bonds is 5. The van der Waals surface area contributed by atoms with Crippen LogP contribution in [0.4, 0.5) is 0 Å². The summed E-state index contributed by atoms with van der Waals surface area (Å²) in [6.45, 7) is 10.7. The van der Waals surface area contributed by atoms with E-state index in [-0.39, 0.29) is 16.9 Å². The molecule has 0 saturated heterocycles. The van der Waals surface area contributed by atoms with Crippen LogP contribution in [0, 0.1) is 5.41 Å². The molecule has 20 heavy (non-hydrogen) atoms. The van der Waals surface area contributed by atoms with Crippen molar-refractivity contribution >= 4 is 5.91 Å². The lowest BCUT2D eigenvalue weighted by molar-refractivity contribution is -0.120. The quantitative estimate of drug-likeness (QED) is 0.893. The van der Waals surface area contributed by atoms with Crippen LogP contribution in [-0.4, -0.2) is 18.6 Å². The van der Waals surface area contributed by atoms with Gasteiger partial charge in [0.15, 0.2) is 0 Å². The summed E-state index contributed by atoms with van der Waals surface area (Å²) in [5.74, 6) is 0.922. The maximum Gasteiger partial charge on any atom is 0.220 e. The molecule has 0 heterocycles. The third kappa shape index (κ3) is 4.55. The lowest BCUT2D eigenvalue weighted by atomic mass is 9.79. The average Bonchev–Trinajstić information content (AvgIpc) is 2.34. The highest BCUT2D eigenvalue weighted by Gasteiger charge is 2.34. The van der Waals surface area contributed by atoms with E-state index < -0.39 is 0 Å². The van der Waals surface area contributed by atoms with E-state index in [4.69, 9.17) is 4.74 Å². The molecule has 0 aliphatic carbocycles. The van der Waals surface area contributed by atoms with E-state index in [9.17, 15) is 4.79 Å². The molecule has 0 bridgehead atoms. The van der Waals surface area contributed by atoms with Gasteiger partial charge in [-0.25, -0.2) is 0 Å². The highest BCUT2D eigenvalue weighted by atomic mass is 16.5. The highest BCUT2D eigenvalue weighted by Crippen LogP contribution is 2.34. The summed E-state index contributed by atoms with van der Waals surface area (Å²) in [4.78, 5) is 11.3. The van der Waals surface area contributed by atoms with E-state index in [0.29, 0.717) is 6.42 Å². The summed E-state index contributed by atoms with van der Waals surface area (Å²) in [5, 5.41) is 2.64. The van der Waals surface area contributed by atoms with Gasteiger partial charge in [0.25, 0.3) is 0 Å². The number of carbonyl (C=O) groups excluding carboxylic acids is 1. The number of hydrogen-bond donors (Lipinski definition) is 1. The Bertz CT molecular complexity index is 458. The van der Waals surface area contributed by atoms with Gasteiger partial charge in [-0.2, -0.15) is 0 Å². The molecule has 1 amide bonds. The van der Waals surface area contributed by atoms with E-state index in [1.807, 2.05) is 24.3 Å². The Balaban J connectivity index is 2.76. The van der Waals surface area contributed by atoms with Crippen LogP contribution in [0.5, 0.6) is 5.75 Å². The number of aryl methyl sites for hydroxylation is 1. The number of hydrogen-bond acceptors (Lipinski definition) is 2. The summed E-state index contributed by atoms with van der Waals surface area (Å²) in [6, 6.07) is 8.00. The molecule has 0 spiro atoms. The first-order chi connectivity index (χ1) is 9.15. The number of nitrogens with one attached hydrogen (secondary N) is 1. The van der Waals surface area contributed by atoms with Gasteiger partial charge in [-0.3, -0.25) is 4.79 Å².